The molecule has 3 rings (SSSR count). The Morgan fingerprint density at radius 1 is 0.818 bits per heavy atom. The zero-order valence-electron chi connectivity index (χ0n) is 14.0. The van der Waals surface area contributed by atoms with E-state index in [2.05, 4.69) is 77.9 Å². The van der Waals surface area contributed by atoms with Crippen LogP contribution in [0.5, 0.6) is 0 Å². The Labute approximate surface area is 157 Å². The number of halogens is 2. The summed E-state index contributed by atoms with van der Waals surface area (Å²) in [6, 6.07) is 2.32. The fourth-order valence-corrected chi connectivity index (χ4v) is 3.51. The van der Waals surface area contributed by atoms with E-state index in [9.17, 15) is 0 Å². The number of fused-ring (bicyclic) bond motifs is 2. The second kappa shape index (κ2) is 7.60. The van der Waals surface area contributed by atoms with Gasteiger partial charge in [0.1, 0.15) is 0 Å². The maximum atomic E-state index is 4.70. The van der Waals surface area contributed by atoms with Crippen molar-refractivity contribution >= 4 is 37.2 Å². The molecular weight excluding hydrogens is 496 g/mol. The van der Waals surface area contributed by atoms with Gasteiger partial charge < -0.3 is 0 Å². The smallest absolute Gasteiger partial charge is 0.0479 e. The van der Waals surface area contributed by atoms with E-state index in [0.29, 0.717) is 0 Å². The molecule has 1 heterocycles. The van der Waals surface area contributed by atoms with Gasteiger partial charge in [0.2, 0.25) is 0 Å². The Bertz CT molecular complexity index is 705. The van der Waals surface area contributed by atoms with Crippen LogP contribution in [0.25, 0.3) is 0 Å². The second-order valence-corrected chi connectivity index (χ2v) is 6.25. The molecular formula is C19H23I2N. The molecule has 0 unspecified atom stereocenters. The minimum Gasteiger partial charge on any atom is -0.260 e. The molecule has 2 aromatic rings. The summed E-state index contributed by atoms with van der Waals surface area (Å²) in [5.74, 6) is 0. The molecule has 22 heavy (non-hydrogen) atoms. The monoisotopic (exact) mass is 519 g/mol. The molecule has 0 bridgehead atoms. The molecule has 0 amide bonds. The molecule has 0 fully saturated rings. The highest BCUT2D eigenvalue weighted by Gasteiger charge is 2.20. The van der Waals surface area contributed by atoms with Crippen LogP contribution in [0.4, 0.5) is 0 Å². The van der Waals surface area contributed by atoms with Crippen LogP contribution in [0, 0.1) is 34.6 Å². The third-order valence-corrected chi connectivity index (χ3v) is 5.14. The van der Waals surface area contributed by atoms with Gasteiger partial charge in [0, 0.05) is 55.5 Å². The molecule has 1 nitrogen and oxygen atoms in total. The van der Waals surface area contributed by atoms with E-state index in [-0.39, 0.29) is 0 Å². The largest absolute Gasteiger partial charge is 0.260 e. The summed E-state index contributed by atoms with van der Waals surface area (Å²) in [5, 5.41) is 0. The summed E-state index contributed by atoms with van der Waals surface area (Å²) in [7, 11) is 0. The molecule has 118 valence electrons. The highest BCUT2D eigenvalue weighted by atomic mass is 128. The van der Waals surface area contributed by atoms with Crippen molar-refractivity contribution in [1.29, 1.82) is 0 Å². The number of nitrogens with zero attached hydrogens (tertiary/aromatic N) is 1. The molecule has 0 saturated carbocycles. The van der Waals surface area contributed by atoms with E-state index in [1.165, 1.54) is 44.6 Å². The molecule has 1 aliphatic carbocycles. The van der Waals surface area contributed by atoms with E-state index in [4.69, 9.17) is 4.98 Å². The summed E-state index contributed by atoms with van der Waals surface area (Å²) >= 11 is 4.24. The number of hydrogen-bond acceptors (Lipinski definition) is 1. The highest BCUT2D eigenvalue weighted by molar-refractivity contribution is 15.0. The van der Waals surface area contributed by atoms with E-state index >= 15 is 0 Å². The SMILES string of the molecule is Cc1cnc2c(c1)CCc1c(C)c(C)c(C)c(C)c1C2.II. The lowest BCUT2D eigenvalue weighted by Gasteiger charge is -2.19. The summed E-state index contributed by atoms with van der Waals surface area (Å²) in [6.07, 6.45) is 5.28. The lowest BCUT2D eigenvalue weighted by molar-refractivity contribution is 0.934. The van der Waals surface area contributed by atoms with Gasteiger partial charge >= 0.3 is 0 Å². The van der Waals surface area contributed by atoms with Gasteiger partial charge in [-0.05, 0) is 92.0 Å². The standard InChI is InChI=1S/C19H23N.I2/c1-11-8-16-6-7-17-14(4)12(2)13(3)15(5)18(17)9-19(16)20-10-11;1-2/h8,10H,6-7,9H2,1-5H3;. The van der Waals surface area contributed by atoms with Crippen molar-refractivity contribution in [3.05, 3.63) is 62.5 Å². The van der Waals surface area contributed by atoms with Crippen molar-refractivity contribution < 1.29 is 0 Å². The molecule has 0 N–H and O–H groups in total. The number of hydrogen-bond donors (Lipinski definition) is 0. The average molecular weight is 519 g/mol. The molecule has 0 radical (unpaired) electrons. The van der Waals surface area contributed by atoms with E-state index in [0.717, 1.165) is 19.3 Å². The average Bonchev–Trinajstić information content (AvgIpc) is 2.72. The van der Waals surface area contributed by atoms with Gasteiger partial charge in [-0.1, -0.05) is 6.07 Å². The van der Waals surface area contributed by atoms with Gasteiger partial charge in [-0.25, -0.2) is 0 Å². The Balaban J connectivity index is 0.000000847. The summed E-state index contributed by atoms with van der Waals surface area (Å²) in [4.78, 5) is 4.70. The van der Waals surface area contributed by atoms with Crippen LogP contribution < -0.4 is 0 Å². The van der Waals surface area contributed by atoms with Crippen LogP contribution in [0.15, 0.2) is 12.3 Å². The Morgan fingerprint density at radius 2 is 1.41 bits per heavy atom. The fourth-order valence-electron chi connectivity index (χ4n) is 3.51. The van der Waals surface area contributed by atoms with Crippen LogP contribution in [0.1, 0.15) is 50.2 Å². The van der Waals surface area contributed by atoms with Crippen LogP contribution in [-0.4, -0.2) is 4.98 Å². The number of pyridine rings is 1. The molecule has 0 spiro atoms. The van der Waals surface area contributed by atoms with E-state index in [1.807, 2.05) is 6.20 Å². The van der Waals surface area contributed by atoms with Gasteiger partial charge in [0.25, 0.3) is 0 Å². The summed E-state index contributed by atoms with van der Waals surface area (Å²) in [6.45, 7) is 11.2. The minimum absolute atomic E-state index is 0.999. The molecule has 0 aliphatic heterocycles. The third-order valence-electron chi connectivity index (χ3n) is 5.14. The lowest BCUT2D eigenvalue weighted by atomic mass is 9.86. The predicted octanol–water partition coefficient (Wildman–Crippen LogP) is 6.08. The van der Waals surface area contributed by atoms with Gasteiger partial charge in [0.15, 0.2) is 0 Å². The van der Waals surface area contributed by atoms with Gasteiger partial charge in [-0.15, -0.1) is 0 Å². The first-order valence-corrected chi connectivity index (χ1v) is 13.9. The van der Waals surface area contributed by atoms with Crippen LogP contribution in [-0.2, 0) is 19.3 Å². The normalized spacial score (nSPS) is 12.7. The van der Waals surface area contributed by atoms with Crippen molar-refractivity contribution in [1.82, 2.24) is 4.98 Å². The number of aromatic nitrogens is 1. The maximum absolute atomic E-state index is 4.70. The molecule has 1 aliphatic rings. The topological polar surface area (TPSA) is 12.9 Å². The first kappa shape index (κ1) is 18.2. The van der Waals surface area contributed by atoms with Crippen molar-refractivity contribution in [2.75, 3.05) is 0 Å². The zero-order valence-corrected chi connectivity index (χ0v) is 18.3. The third kappa shape index (κ3) is 3.35. The number of rotatable bonds is 0. The Kier molecular flexibility index (Phi) is 6.28. The first-order chi connectivity index (χ1) is 10.5. The van der Waals surface area contributed by atoms with Gasteiger partial charge in [-0.2, -0.15) is 0 Å². The predicted molar refractivity (Wildman–Crippen MR) is 113 cm³/mol. The van der Waals surface area contributed by atoms with Crippen LogP contribution >= 0.6 is 37.2 Å². The van der Waals surface area contributed by atoms with Crippen molar-refractivity contribution in [3.8, 4) is 0 Å². The van der Waals surface area contributed by atoms with Crippen molar-refractivity contribution in [2.45, 2.75) is 53.9 Å². The molecule has 0 atom stereocenters. The quantitative estimate of drug-likeness (QED) is 0.385. The number of benzene rings is 1. The van der Waals surface area contributed by atoms with Crippen molar-refractivity contribution in [3.63, 3.8) is 0 Å². The molecule has 1 aromatic carbocycles. The Morgan fingerprint density at radius 3 is 2.05 bits per heavy atom. The first-order valence-electron chi connectivity index (χ1n) is 7.65. The molecule has 0 saturated heterocycles. The Hall–Kier alpha value is -0.170. The second-order valence-electron chi connectivity index (χ2n) is 6.25. The molecule has 1 aromatic heterocycles. The van der Waals surface area contributed by atoms with Crippen LogP contribution in [0.3, 0.4) is 0 Å². The van der Waals surface area contributed by atoms with Crippen LogP contribution in [0.2, 0.25) is 0 Å². The highest BCUT2D eigenvalue weighted by Crippen LogP contribution is 2.32. The summed E-state index contributed by atoms with van der Waals surface area (Å²) in [5.41, 5.74) is 13.0. The van der Waals surface area contributed by atoms with Crippen molar-refractivity contribution in [2.24, 2.45) is 0 Å². The number of aryl methyl sites for hydroxylation is 2. The lowest BCUT2D eigenvalue weighted by Crippen LogP contribution is -2.05. The van der Waals surface area contributed by atoms with E-state index in [1.54, 1.807) is 5.56 Å². The minimum atomic E-state index is 0.999. The van der Waals surface area contributed by atoms with E-state index < -0.39 is 0 Å². The maximum Gasteiger partial charge on any atom is 0.0479 e. The zero-order chi connectivity index (χ0) is 16.4. The molecule has 3 heteroatoms. The van der Waals surface area contributed by atoms with Gasteiger partial charge in [-0.3, -0.25) is 4.98 Å². The van der Waals surface area contributed by atoms with Gasteiger partial charge in [0.05, 0.1) is 0 Å². The fraction of sp³-hybridized carbons (Fsp3) is 0.421. The summed E-state index contributed by atoms with van der Waals surface area (Å²) < 4.78 is 0.